The fourth-order valence-corrected chi connectivity index (χ4v) is 5.00. The molecule has 2 aromatic carbocycles. The first-order chi connectivity index (χ1) is 16.1. The molecule has 0 spiro atoms. The smallest absolute Gasteiger partial charge is 0.250 e. The van der Waals surface area contributed by atoms with Gasteiger partial charge in [-0.25, -0.2) is 5.43 Å². The van der Waals surface area contributed by atoms with Gasteiger partial charge in [-0.05, 0) is 59.3 Å². The SMILES string of the molecule is CCOc1ccc(-n2c(SCC(=O)N/N=C/c3ccc(Br)s3)nnc2-c2ccccc2)cc1. The van der Waals surface area contributed by atoms with Crippen molar-refractivity contribution in [3.63, 3.8) is 0 Å². The first-order valence-corrected chi connectivity index (χ1v) is 12.7. The highest BCUT2D eigenvalue weighted by molar-refractivity contribution is 9.11. The summed E-state index contributed by atoms with van der Waals surface area (Å²) in [6, 6.07) is 21.4. The Morgan fingerprint density at radius 1 is 1.15 bits per heavy atom. The molecule has 168 valence electrons. The maximum absolute atomic E-state index is 12.3. The van der Waals surface area contributed by atoms with Crippen LogP contribution >= 0.6 is 39.0 Å². The van der Waals surface area contributed by atoms with E-state index in [1.165, 1.54) is 23.1 Å². The molecule has 0 bridgehead atoms. The van der Waals surface area contributed by atoms with E-state index < -0.39 is 0 Å². The molecule has 10 heteroatoms. The molecule has 0 aliphatic carbocycles. The second-order valence-electron chi connectivity index (χ2n) is 6.66. The third-order valence-corrected chi connectivity index (χ3v) is 6.87. The number of carbonyl (C=O) groups is 1. The molecule has 1 N–H and O–H groups in total. The fourth-order valence-electron chi connectivity index (χ4n) is 2.96. The fraction of sp³-hybridized carbons (Fsp3) is 0.130. The number of halogens is 1. The third kappa shape index (κ3) is 6.10. The number of nitrogens with zero attached hydrogens (tertiary/aromatic N) is 4. The summed E-state index contributed by atoms with van der Waals surface area (Å²) in [5.41, 5.74) is 4.37. The zero-order chi connectivity index (χ0) is 23.0. The topological polar surface area (TPSA) is 81.4 Å². The van der Waals surface area contributed by atoms with E-state index in [0.29, 0.717) is 17.6 Å². The van der Waals surface area contributed by atoms with Crippen molar-refractivity contribution in [2.45, 2.75) is 12.1 Å². The van der Waals surface area contributed by atoms with E-state index >= 15 is 0 Å². The van der Waals surface area contributed by atoms with Crippen molar-refractivity contribution in [1.29, 1.82) is 0 Å². The second kappa shape index (κ2) is 11.3. The van der Waals surface area contributed by atoms with Crippen molar-refractivity contribution < 1.29 is 9.53 Å². The summed E-state index contributed by atoms with van der Waals surface area (Å²) in [6.07, 6.45) is 1.62. The average molecular weight is 542 g/mol. The third-order valence-electron chi connectivity index (χ3n) is 4.38. The standard InChI is InChI=1S/C23H20BrN5O2S2/c1-2-31-18-10-8-17(9-11-18)29-22(16-6-4-3-5-7-16)27-28-23(29)32-15-21(30)26-25-14-19-12-13-20(24)33-19/h3-14H,2,15H2,1H3,(H,26,30)/b25-14+. The maximum Gasteiger partial charge on any atom is 0.250 e. The quantitative estimate of drug-likeness (QED) is 0.174. The summed E-state index contributed by atoms with van der Waals surface area (Å²) in [5, 5.41) is 13.4. The van der Waals surface area contributed by atoms with E-state index in [2.05, 4.69) is 36.7 Å². The van der Waals surface area contributed by atoms with Crippen molar-refractivity contribution in [2.75, 3.05) is 12.4 Å². The van der Waals surface area contributed by atoms with Gasteiger partial charge in [-0.2, -0.15) is 5.10 Å². The van der Waals surface area contributed by atoms with Crippen LogP contribution in [0.15, 0.2) is 80.8 Å². The molecule has 7 nitrogen and oxygen atoms in total. The number of hydrogen-bond donors (Lipinski definition) is 1. The molecular weight excluding hydrogens is 522 g/mol. The number of thioether (sulfide) groups is 1. The Balaban J connectivity index is 1.52. The first kappa shape index (κ1) is 23.2. The lowest BCUT2D eigenvalue weighted by Crippen LogP contribution is -2.19. The number of aromatic nitrogens is 3. The minimum atomic E-state index is -0.227. The predicted octanol–water partition coefficient (Wildman–Crippen LogP) is 5.40. The molecule has 0 fully saturated rings. The Hall–Kier alpha value is -2.95. The molecule has 0 radical (unpaired) electrons. The van der Waals surface area contributed by atoms with Crippen molar-refractivity contribution in [3.05, 3.63) is 75.4 Å². The Labute approximate surface area is 208 Å². The molecule has 2 aromatic heterocycles. The minimum Gasteiger partial charge on any atom is -0.494 e. The highest BCUT2D eigenvalue weighted by Crippen LogP contribution is 2.29. The number of thiophene rings is 1. The van der Waals surface area contributed by atoms with E-state index in [1.807, 2.05) is 78.2 Å². The van der Waals surface area contributed by atoms with Gasteiger partial charge >= 0.3 is 0 Å². The molecule has 2 heterocycles. The summed E-state index contributed by atoms with van der Waals surface area (Å²) in [5.74, 6) is 1.41. The predicted molar refractivity (Wildman–Crippen MR) is 136 cm³/mol. The molecule has 0 aliphatic rings. The van der Waals surface area contributed by atoms with Crippen molar-refractivity contribution >= 4 is 51.2 Å². The molecule has 4 rings (SSSR count). The average Bonchev–Trinajstić information content (AvgIpc) is 3.45. The molecular formula is C23H20BrN5O2S2. The van der Waals surface area contributed by atoms with Crippen LogP contribution in [0.4, 0.5) is 0 Å². The molecule has 0 atom stereocenters. The second-order valence-corrected chi connectivity index (χ2v) is 10.1. The highest BCUT2D eigenvalue weighted by atomic mass is 79.9. The van der Waals surface area contributed by atoms with Crippen molar-refractivity contribution in [1.82, 2.24) is 20.2 Å². The van der Waals surface area contributed by atoms with Gasteiger partial charge in [-0.1, -0.05) is 42.1 Å². The van der Waals surface area contributed by atoms with E-state index in [0.717, 1.165) is 25.7 Å². The summed E-state index contributed by atoms with van der Waals surface area (Å²) < 4.78 is 8.51. The molecule has 1 amide bonds. The van der Waals surface area contributed by atoms with Gasteiger partial charge in [0.15, 0.2) is 11.0 Å². The van der Waals surface area contributed by atoms with E-state index in [-0.39, 0.29) is 11.7 Å². The van der Waals surface area contributed by atoms with Crippen LogP contribution in [0.3, 0.4) is 0 Å². The Kier molecular flexibility index (Phi) is 7.92. The zero-order valence-electron chi connectivity index (χ0n) is 17.6. The van der Waals surface area contributed by atoms with Gasteiger partial charge in [-0.3, -0.25) is 9.36 Å². The monoisotopic (exact) mass is 541 g/mol. The lowest BCUT2D eigenvalue weighted by molar-refractivity contribution is -0.118. The summed E-state index contributed by atoms with van der Waals surface area (Å²) >= 11 is 6.24. The number of amides is 1. The number of benzene rings is 2. The highest BCUT2D eigenvalue weighted by Gasteiger charge is 2.17. The van der Waals surface area contributed by atoms with Crippen LogP contribution in [0, 0.1) is 0 Å². The largest absolute Gasteiger partial charge is 0.494 e. The summed E-state index contributed by atoms with van der Waals surface area (Å²) in [6.45, 7) is 2.55. The Morgan fingerprint density at radius 2 is 1.94 bits per heavy atom. The van der Waals surface area contributed by atoms with Crippen LogP contribution < -0.4 is 10.2 Å². The van der Waals surface area contributed by atoms with Crippen LogP contribution in [0.25, 0.3) is 17.1 Å². The Bertz CT molecular complexity index is 1240. The lowest BCUT2D eigenvalue weighted by atomic mass is 10.2. The zero-order valence-corrected chi connectivity index (χ0v) is 20.9. The summed E-state index contributed by atoms with van der Waals surface area (Å²) in [7, 11) is 0. The normalized spacial score (nSPS) is 11.1. The van der Waals surface area contributed by atoms with Gasteiger partial charge in [0.25, 0.3) is 5.91 Å². The lowest BCUT2D eigenvalue weighted by Gasteiger charge is -2.11. The van der Waals surface area contributed by atoms with Crippen LogP contribution in [-0.2, 0) is 4.79 Å². The summed E-state index contributed by atoms with van der Waals surface area (Å²) in [4.78, 5) is 13.3. The molecule has 4 aromatic rings. The maximum atomic E-state index is 12.3. The van der Waals surface area contributed by atoms with Gasteiger partial charge in [0.2, 0.25) is 0 Å². The van der Waals surface area contributed by atoms with E-state index in [1.54, 1.807) is 6.21 Å². The molecule has 33 heavy (non-hydrogen) atoms. The van der Waals surface area contributed by atoms with Crippen LogP contribution in [0.1, 0.15) is 11.8 Å². The van der Waals surface area contributed by atoms with Crippen molar-refractivity contribution in [3.8, 4) is 22.8 Å². The van der Waals surface area contributed by atoms with Gasteiger partial charge in [0.1, 0.15) is 5.75 Å². The number of rotatable bonds is 9. The molecule has 0 aliphatic heterocycles. The van der Waals surface area contributed by atoms with Gasteiger partial charge in [0, 0.05) is 16.1 Å². The van der Waals surface area contributed by atoms with E-state index in [9.17, 15) is 4.79 Å². The van der Waals surface area contributed by atoms with Crippen molar-refractivity contribution in [2.24, 2.45) is 5.10 Å². The number of hydrazone groups is 1. The van der Waals surface area contributed by atoms with E-state index in [4.69, 9.17) is 4.74 Å². The van der Waals surface area contributed by atoms with Gasteiger partial charge in [-0.15, -0.1) is 21.5 Å². The number of carbonyl (C=O) groups excluding carboxylic acids is 1. The first-order valence-electron chi connectivity index (χ1n) is 10.1. The van der Waals surface area contributed by atoms with Gasteiger partial charge < -0.3 is 4.74 Å². The molecule has 0 saturated carbocycles. The van der Waals surface area contributed by atoms with Crippen LogP contribution in [0.5, 0.6) is 5.75 Å². The Morgan fingerprint density at radius 3 is 2.64 bits per heavy atom. The van der Waals surface area contributed by atoms with Gasteiger partial charge in [0.05, 0.1) is 22.4 Å². The van der Waals surface area contributed by atoms with Crippen LogP contribution in [0.2, 0.25) is 0 Å². The number of nitrogens with one attached hydrogen (secondary N) is 1. The number of hydrogen-bond acceptors (Lipinski definition) is 7. The minimum absolute atomic E-state index is 0.148. The number of ether oxygens (including phenoxy) is 1. The molecule has 0 saturated heterocycles. The van der Waals surface area contributed by atoms with Crippen LogP contribution in [-0.4, -0.2) is 39.2 Å². The molecule has 0 unspecified atom stereocenters.